The first-order valence-corrected chi connectivity index (χ1v) is 7.70. The van der Waals surface area contributed by atoms with Crippen molar-refractivity contribution in [1.29, 1.82) is 0 Å². The molecule has 1 atom stereocenters. The zero-order valence-electron chi connectivity index (χ0n) is 13.3. The molecule has 130 valence electrons. The molecule has 0 radical (unpaired) electrons. The molecule has 2 aromatic rings. The van der Waals surface area contributed by atoms with Crippen LogP contribution in [0.4, 0.5) is 18.9 Å². The number of aromatic nitrogens is 3. The molecule has 0 aromatic carbocycles. The van der Waals surface area contributed by atoms with Gasteiger partial charge in [0, 0.05) is 23.6 Å². The molecule has 3 rings (SSSR count). The van der Waals surface area contributed by atoms with Crippen molar-refractivity contribution in [3.63, 3.8) is 0 Å². The van der Waals surface area contributed by atoms with Crippen molar-refractivity contribution < 1.29 is 22.5 Å². The van der Waals surface area contributed by atoms with E-state index >= 15 is 0 Å². The fourth-order valence-corrected chi connectivity index (χ4v) is 3.00. The van der Waals surface area contributed by atoms with Crippen LogP contribution in [0.2, 0.25) is 0 Å². The topological polar surface area (TPSA) is 83.8 Å². The number of anilines is 1. The largest absolute Gasteiger partial charge is 0.435 e. The third-order valence-electron chi connectivity index (χ3n) is 4.29. The summed E-state index contributed by atoms with van der Waals surface area (Å²) < 4.78 is 44.1. The van der Waals surface area contributed by atoms with Crippen molar-refractivity contribution in [2.45, 2.75) is 45.7 Å². The molecular formula is C15H17F3N4O2. The van der Waals surface area contributed by atoms with Gasteiger partial charge in [0.05, 0.1) is 0 Å². The lowest BCUT2D eigenvalue weighted by atomic mass is 9.85. The van der Waals surface area contributed by atoms with Gasteiger partial charge in [-0.1, -0.05) is 12.1 Å². The van der Waals surface area contributed by atoms with Gasteiger partial charge in [0.15, 0.2) is 11.5 Å². The average Bonchev–Trinajstić information content (AvgIpc) is 3.10. The van der Waals surface area contributed by atoms with Crippen molar-refractivity contribution in [3.05, 3.63) is 28.4 Å². The molecule has 2 N–H and O–H groups in total. The summed E-state index contributed by atoms with van der Waals surface area (Å²) in [5.41, 5.74) is 0.686. The number of hydrogen-bond acceptors (Lipinski definition) is 4. The maximum atomic E-state index is 13.0. The third kappa shape index (κ3) is 2.90. The fraction of sp³-hybridized carbons (Fsp3) is 0.533. The van der Waals surface area contributed by atoms with E-state index in [9.17, 15) is 18.0 Å². The van der Waals surface area contributed by atoms with Gasteiger partial charge >= 0.3 is 6.18 Å². The van der Waals surface area contributed by atoms with Crippen LogP contribution in [0.25, 0.3) is 0 Å². The molecule has 1 amide bonds. The van der Waals surface area contributed by atoms with Gasteiger partial charge in [-0.15, -0.1) is 0 Å². The quantitative estimate of drug-likeness (QED) is 0.898. The van der Waals surface area contributed by atoms with Gasteiger partial charge < -0.3 is 9.84 Å². The van der Waals surface area contributed by atoms with Gasteiger partial charge in [-0.3, -0.25) is 9.89 Å². The molecule has 2 aromatic heterocycles. The molecule has 0 aliphatic heterocycles. The zero-order chi connectivity index (χ0) is 17.5. The molecule has 2 heterocycles. The predicted molar refractivity (Wildman–Crippen MR) is 78.4 cm³/mol. The number of nitrogens with one attached hydrogen (secondary N) is 2. The summed E-state index contributed by atoms with van der Waals surface area (Å²) >= 11 is 0. The van der Waals surface area contributed by atoms with E-state index in [1.165, 1.54) is 0 Å². The lowest BCUT2D eigenvalue weighted by Crippen LogP contribution is -2.29. The molecule has 0 fully saturated rings. The highest BCUT2D eigenvalue weighted by atomic mass is 19.4. The molecule has 9 heteroatoms. The second-order valence-electron chi connectivity index (χ2n) is 5.88. The number of carbonyl (C=O) groups is 1. The monoisotopic (exact) mass is 342 g/mol. The molecule has 0 saturated heterocycles. The van der Waals surface area contributed by atoms with Gasteiger partial charge in [-0.25, -0.2) is 0 Å². The lowest BCUT2D eigenvalue weighted by molar-refractivity contribution is -0.142. The molecule has 6 nitrogen and oxygen atoms in total. The third-order valence-corrected chi connectivity index (χ3v) is 4.29. The summed E-state index contributed by atoms with van der Waals surface area (Å²) in [6, 6.07) is 0. The summed E-state index contributed by atoms with van der Waals surface area (Å²) in [6.07, 6.45) is -3.13. The van der Waals surface area contributed by atoms with Gasteiger partial charge in [0.25, 0.3) is 0 Å². The predicted octanol–water partition coefficient (Wildman–Crippen LogP) is 3.03. The number of fused-ring (bicyclic) bond motifs is 1. The van der Waals surface area contributed by atoms with Crippen LogP contribution in [0.5, 0.6) is 0 Å². The molecule has 24 heavy (non-hydrogen) atoms. The molecular weight excluding hydrogens is 325 g/mol. The highest BCUT2D eigenvalue weighted by molar-refractivity contribution is 5.93. The van der Waals surface area contributed by atoms with Crippen molar-refractivity contribution in [2.24, 2.45) is 5.92 Å². The van der Waals surface area contributed by atoms with E-state index in [2.05, 4.69) is 20.7 Å². The smallest absolute Gasteiger partial charge is 0.359 e. The number of alkyl halides is 3. The van der Waals surface area contributed by atoms with Crippen molar-refractivity contribution in [2.75, 3.05) is 5.32 Å². The number of halogens is 3. The maximum Gasteiger partial charge on any atom is 0.435 e. The van der Waals surface area contributed by atoms with E-state index in [-0.39, 0.29) is 17.9 Å². The minimum absolute atomic E-state index is 0.0122. The van der Waals surface area contributed by atoms with Crippen LogP contribution in [-0.4, -0.2) is 21.3 Å². The first-order valence-electron chi connectivity index (χ1n) is 7.70. The SMILES string of the molecule is CCc1onc(C)c1NC(=O)C1CCc2[nH]nc(C(F)(F)F)c2C1. The Balaban J connectivity index is 1.79. The van der Waals surface area contributed by atoms with Crippen LogP contribution in [-0.2, 0) is 30.2 Å². The second-order valence-corrected chi connectivity index (χ2v) is 5.88. The highest BCUT2D eigenvalue weighted by Crippen LogP contribution is 2.36. The Hall–Kier alpha value is -2.32. The standard InChI is InChI=1S/C15H17F3N4O2/c1-3-11-12(7(2)22-24-11)19-14(23)8-4-5-10-9(6-8)13(21-20-10)15(16,17)18/h8H,3-6H2,1-2H3,(H,19,23)(H,20,21). The van der Waals surface area contributed by atoms with E-state index in [1.807, 2.05) is 6.92 Å². The van der Waals surface area contributed by atoms with Crippen LogP contribution in [0.3, 0.4) is 0 Å². The maximum absolute atomic E-state index is 13.0. The molecule has 0 saturated carbocycles. The fourth-order valence-electron chi connectivity index (χ4n) is 3.00. The Morgan fingerprint density at radius 3 is 2.88 bits per heavy atom. The number of rotatable bonds is 3. The van der Waals surface area contributed by atoms with Gasteiger partial charge in [-0.05, 0) is 26.2 Å². The van der Waals surface area contributed by atoms with Crippen LogP contribution in [0.1, 0.15) is 41.8 Å². The molecule has 0 spiro atoms. The van der Waals surface area contributed by atoms with Gasteiger partial charge in [-0.2, -0.15) is 18.3 Å². The molecule has 0 bridgehead atoms. The number of hydrogen-bond donors (Lipinski definition) is 2. The van der Waals surface area contributed by atoms with Crippen LogP contribution < -0.4 is 5.32 Å². The second kappa shape index (κ2) is 5.95. The Kier molecular flexibility index (Phi) is 4.10. The number of aryl methyl sites for hydroxylation is 3. The number of carbonyl (C=O) groups excluding carboxylic acids is 1. The number of nitrogens with zero attached hydrogens (tertiary/aromatic N) is 2. The molecule has 1 aliphatic rings. The van der Waals surface area contributed by atoms with Crippen molar-refractivity contribution in [3.8, 4) is 0 Å². The Bertz CT molecular complexity index is 763. The minimum atomic E-state index is -4.52. The van der Waals surface area contributed by atoms with Crippen molar-refractivity contribution >= 4 is 11.6 Å². The summed E-state index contributed by atoms with van der Waals surface area (Å²) in [4.78, 5) is 12.5. The number of amides is 1. The first-order chi connectivity index (χ1) is 11.3. The lowest BCUT2D eigenvalue weighted by Gasteiger charge is -2.22. The Morgan fingerprint density at radius 1 is 1.46 bits per heavy atom. The Labute approximate surface area is 135 Å². The minimum Gasteiger partial charge on any atom is -0.359 e. The zero-order valence-corrected chi connectivity index (χ0v) is 13.3. The van der Waals surface area contributed by atoms with E-state index in [0.29, 0.717) is 42.1 Å². The van der Waals surface area contributed by atoms with E-state index in [0.717, 1.165) is 0 Å². The number of aromatic amines is 1. The molecule has 1 aliphatic carbocycles. The first kappa shape index (κ1) is 16.5. The summed E-state index contributed by atoms with van der Waals surface area (Å²) in [7, 11) is 0. The average molecular weight is 342 g/mol. The summed E-state index contributed by atoms with van der Waals surface area (Å²) in [6.45, 7) is 3.57. The summed E-state index contributed by atoms with van der Waals surface area (Å²) in [5, 5.41) is 12.4. The van der Waals surface area contributed by atoms with E-state index in [1.54, 1.807) is 6.92 Å². The Morgan fingerprint density at radius 2 is 2.21 bits per heavy atom. The number of H-pyrrole nitrogens is 1. The van der Waals surface area contributed by atoms with E-state index in [4.69, 9.17) is 4.52 Å². The van der Waals surface area contributed by atoms with Crippen LogP contribution in [0.15, 0.2) is 4.52 Å². The summed E-state index contributed by atoms with van der Waals surface area (Å²) in [5.74, 6) is -0.317. The van der Waals surface area contributed by atoms with Gasteiger partial charge in [0.2, 0.25) is 5.91 Å². The van der Waals surface area contributed by atoms with Crippen LogP contribution >= 0.6 is 0 Å². The van der Waals surface area contributed by atoms with Gasteiger partial charge in [0.1, 0.15) is 11.4 Å². The van der Waals surface area contributed by atoms with E-state index < -0.39 is 17.8 Å². The highest BCUT2D eigenvalue weighted by Gasteiger charge is 2.40. The molecule has 1 unspecified atom stereocenters. The van der Waals surface area contributed by atoms with Crippen LogP contribution in [0, 0.1) is 12.8 Å². The normalized spacial score (nSPS) is 17.6. The van der Waals surface area contributed by atoms with Crippen molar-refractivity contribution in [1.82, 2.24) is 15.4 Å².